The lowest BCUT2D eigenvalue weighted by Crippen LogP contribution is -2.16. The number of hydrogen-bond acceptors (Lipinski definition) is 2. The molecule has 1 aliphatic rings. The molecule has 3 rings (SSSR count). The van der Waals surface area contributed by atoms with Gasteiger partial charge in [-0.15, -0.1) is 0 Å². The third-order valence-corrected chi connectivity index (χ3v) is 4.41. The van der Waals surface area contributed by atoms with E-state index in [0.29, 0.717) is 17.5 Å². The second kappa shape index (κ2) is 5.94. The minimum atomic E-state index is -0.279. The molecule has 2 aromatic rings. The summed E-state index contributed by atoms with van der Waals surface area (Å²) >= 11 is 1.34. The number of nitrogens with one attached hydrogen (secondary N) is 1. The van der Waals surface area contributed by atoms with Crippen LogP contribution in [0.1, 0.15) is 18.4 Å². The Morgan fingerprint density at radius 2 is 1.80 bits per heavy atom. The Kier molecular flexibility index (Phi) is 4.03. The quantitative estimate of drug-likeness (QED) is 0.878. The maximum absolute atomic E-state index is 14.0. The van der Waals surface area contributed by atoms with Crippen LogP contribution in [0.25, 0.3) is 0 Å². The van der Waals surface area contributed by atoms with Crippen molar-refractivity contribution in [2.45, 2.75) is 35.2 Å². The molecular weight excluding hydrogens is 276 g/mol. The monoisotopic (exact) mass is 291 g/mol. The fourth-order valence-corrected chi connectivity index (χ4v) is 2.91. The fourth-order valence-electron chi connectivity index (χ4n) is 1.97. The van der Waals surface area contributed by atoms with Crippen LogP contribution in [0.2, 0.25) is 0 Å². The van der Waals surface area contributed by atoms with Crippen molar-refractivity contribution in [3.8, 4) is 0 Å². The lowest BCUT2D eigenvalue weighted by molar-refractivity contribution is 0.589. The van der Waals surface area contributed by atoms with Crippen LogP contribution in [0.3, 0.4) is 0 Å². The molecule has 0 atom stereocenters. The van der Waals surface area contributed by atoms with E-state index in [1.165, 1.54) is 42.8 Å². The average molecular weight is 291 g/mol. The standard InChI is InChI=1S/C16H15F2NS/c17-12-4-8-14(9-5-12)20-16-11(2-1-3-15(16)18)10-19-13-6-7-13/h1-5,8-9,13,19H,6-7,10H2. The molecule has 0 radical (unpaired) electrons. The zero-order chi connectivity index (χ0) is 13.9. The Labute approximate surface area is 121 Å². The smallest absolute Gasteiger partial charge is 0.137 e. The molecule has 0 amide bonds. The molecule has 0 aliphatic heterocycles. The van der Waals surface area contributed by atoms with Crippen molar-refractivity contribution in [3.63, 3.8) is 0 Å². The summed E-state index contributed by atoms with van der Waals surface area (Å²) in [6.45, 7) is 0.673. The number of benzene rings is 2. The topological polar surface area (TPSA) is 12.0 Å². The molecule has 0 aromatic heterocycles. The number of rotatable bonds is 5. The van der Waals surface area contributed by atoms with Crippen LogP contribution in [-0.2, 0) is 6.54 Å². The van der Waals surface area contributed by atoms with Gasteiger partial charge in [-0.25, -0.2) is 8.78 Å². The van der Waals surface area contributed by atoms with Gasteiger partial charge in [-0.2, -0.15) is 0 Å². The van der Waals surface area contributed by atoms with E-state index in [0.717, 1.165) is 10.5 Å². The summed E-state index contributed by atoms with van der Waals surface area (Å²) in [5.41, 5.74) is 0.950. The molecule has 0 unspecified atom stereocenters. The van der Waals surface area contributed by atoms with E-state index in [9.17, 15) is 8.78 Å². The largest absolute Gasteiger partial charge is 0.310 e. The van der Waals surface area contributed by atoms with Gasteiger partial charge in [0.15, 0.2) is 0 Å². The van der Waals surface area contributed by atoms with Crippen LogP contribution >= 0.6 is 11.8 Å². The van der Waals surface area contributed by atoms with Crippen molar-refractivity contribution in [3.05, 3.63) is 59.7 Å². The summed E-state index contributed by atoms with van der Waals surface area (Å²) in [7, 11) is 0. The zero-order valence-electron chi connectivity index (χ0n) is 10.9. The van der Waals surface area contributed by atoms with E-state index in [-0.39, 0.29) is 11.6 Å². The predicted molar refractivity (Wildman–Crippen MR) is 76.8 cm³/mol. The first kappa shape index (κ1) is 13.6. The molecule has 1 fully saturated rings. The third-order valence-electron chi connectivity index (χ3n) is 3.24. The van der Waals surface area contributed by atoms with Gasteiger partial charge in [0, 0.05) is 17.5 Å². The summed E-state index contributed by atoms with van der Waals surface area (Å²) in [4.78, 5) is 1.46. The molecule has 1 nitrogen and oxygen atoms in total. The van der Waals surface area contributed by atoms with Crippen LogP contribution < -0.4 is 5.32 Å². The lowest BCUT2D eigenvalue weighted by atomic mass is 10.2. The SMILES string of the molecule is Fc1ccc(Sc2c(F)cccc2CNC2CC2)cc1. The molecule has 0 spiro atoms. The highest BCUT2D eigenvalue weighted by molar-refractivity contribution is 7.99. The molecular formula is C16H15F2NS. The van der Waals surface area contributed by atoms with Gasteiger partial charge in [-0.1, -0.05) is 23.9 Å². The highest BCUT2D eigenvalue weighted by Gasteiger charge is 2.21. The van der Waals surface area contributed by atoms with Gasteiger partial charge >= 0.3 is 0 Å². The van der Waals surface area contributed by atoms with Gasteiger partial charge in [0.25, 0.3) is 0 Å². The minimum absolute atomic E-state index is 0.227. The maximum atomic E-state index is 14.0. The molecule has 20 heavy (non-hydrogen) atoms. The van der Waals surface area contributed by atoms with E-state index in [4.69, 9.17) is 0 Å². The Morgan fingerprint density at radius 1 is 1.05 bits per heavy atom. The molecule has 1 saturated carbocycles. The molecule has 1 N–H and O–H groups in total. The van der Waals surface area contributed by atoms with Crippen molar-refractivity contribution < 1.29 is 8.78 Å². The van der Waals surface area contributed by atoms with Crippen LogP contribution in [0.5, 0.6) is 0 Å². The summed E-state index contributed by atoms with van der Waals surface area (Å²) < 4.78 is 26.9. The second-order valence-corrected chi connectivity index (χ2v) is 6.02. The molecule has 0 heterocycles. The lowest BCUT2D eigenvalue weighted by Gasteiger charge is -2.11. The normalized spacial score (nSPS) is 14.5. The van der Waals surface area contributed by atoms with Gasteiger partial charge in [0.05, 0.1) is 4.90 Å². The Morgan fingerprint density at radius 3 is 2.50 bits per heavy atom. The van der Waals surface area contributed by atoms with Crippen LogP contribution in [0, 0.1) is 11.6 Å². The zero-order valence-corrected chi connectivity index (χ0v) is 11.7. The van der Waals surface area contributed by atoms with E-state index in [1.807, 2.05) is 6.07 Å². The summed E-state index contributed by atoms with van der Waals surface area (Å²) in [5, 5.41) is 3.40. The van der Waals surface area contributed by atoms with Crippen molar-refractivity contribution in [2.75, 3.05) is 0 Å². The fraction of sp³-hybridized carbons (Fsp3) is 0.250. The van der Waals surface area contributed by atoms with Crippen molar-refractivity contribution >= 4 is 11.8 Å². The first-order valence-corrected chi connectivity index (χ1v) is 7.48. The van der Waals surface area contributed by atoms with Crippen molar-refractivity contribution in [1.82, 2.24) is 5.32 Å². The predicted octanol–water partition coefficient (Wildman–Crippen LogP) is 4.37. The summed E-state index contributed by atoms with van der Waals surface area (Å²) in [6.07, 6.45) is 2.41. The summed E-state index contributed by atoms with van der Waals surface area (Å²) in [5.74, 6) is -0.507. The molecule has 4 heteroatoms. The number of halogens is 2. The van der Waals surface area contributed by atoms with Gasteiger partial charge < -0.3 is 5.32 Å². The average Bonchev–Trinajstić information content (AvgIpc) is 3.26. The van der Waals surface area contributed by atoms with Crippen LogP contribution in [-0.4, -0.2) is 6.04 Å². The minimum Gasteiger partial charge on any atom is -0.310 e. The Balaban J connectivity index is 1.80. The van der Waals surface area contributed by atoms with Gasteiger partial charge in [0.1, 0.15) is 11.6 Å². The highest BCUT2D eigenvalue weighted by Crippen LogP contribution is 2.33. The van der Waals surface area contributed by atoms with Gasteiger partial charge in [-0.05, 0) is 48.7 Å². The van der Waals surface area contributed by atoms with Crippen molar-refractivity contribution in [1.29, 1.82) is 0 Å². The molecule has 2 aromatic carbocycles. The van der Waals surface area contributed by atoms with Crippen LogP contribution in [0.15, 0.2) is 52.3 Å². The summed E-state index contributed by atoms with van der Waals surface area (Å²) in [6, 6.07) is 11.8. The van der Waals surface area contributed by atoms with E-state index in [1.54, 1.807) is 18.2 Å². The Bertz CT molecular complexity index is 594. The first-order valence-electron chi connectivity index (χ1n) is 6.66. The van der Waals surface area contributed by atoms with Gasteiger partial charge in [0.2, 0.25) is 0 Å². The molecule has 0 bridgehead atoms. The number of hydrogen-bond donors (Lipinski definition) is 1. The Hall–Kier alpha value is -1.39. The third kappa shape index (κ3) is 3.38. The van der Waals surface area contributed by atoms with Gasteiger partial charge in [-0.3, -0.25) is 0 Å². The van der Waals surface area contributed by atoms with E-state index < -0.39 is 0 Å². The highest BCUT2D eigenvalue weighted by atomic mass is 32.2. The molecule has 0 saturated heterocycles. The maximum Gasteiger partial charge on any atom is 0.137 e. The first-order chi connectivity index (χ1) is 9.72. The van der Waals surface area contributed by atoms with E-state index in [2.05, 4.69) is 5.32 Å². The second-order valence-electron chi connectivity index (χ2n) is 4.94. The molecule has 104 valence electrons. The molecule has 1 aliphatic carbocycles. The van der Waals surface area contributed by atoms with Crippen molar-refractivity contribution in [2.24, 2.45) is 0 Å². The van der Waals surface area contributed by atoms with Crippen LogP contribution in [0.4, 0.5) is 8.78 Å². The van der Waals surface area contributed by atoms with E-state index >= 15 is 0 Å².